The number of ether oxygens (including phenoxy) is 1. The monoisotopic (exact) mass is 232 g/mol. The standard InChI is InChI=1S/C13H13FN2O/c1-9-3-2-4-12(13(9)14)17-8-11-7-10(15)5-6-16-11/h2-7H,8H2,1H3,(H2,15,16). The number of pyridine rings is 1. The van der Waals surface area contributed by atoms with Crippen molar-refractivity contribution < 1.29 is 9.13 Å². The van der Waals surface area contributed by atoms with E-state index in [0.29, 0.717) is 16.9 Å². The van der Waals surface area contributed by atoms with Gasteiger partial charge in [-0.25, -0.2) is 4.39 Å². The molecule has 0 aliphatic heterocycles. The Labute approximate surface area is 99.1 Å². The van der Waals surface area contributed by atoms with Gasteiger partial charge in [-0.1, -0.05) is 12.1 Å². The van der Waals surface area contributed by atoms with Crippen LogP contribution in [-0.4, -0.2) is 4.98 Å². The number of hydrogen-bond acceptors (Lipinski definition) is 3. The van der Waals surface area contributed by atoms with Crippen molar-refractivity contribution in [3.63, 3.8) is 0 Å². The summed E-state index contributed by atoms with van der Waals surface area (Å²) >= 11 is 0. The number of anilines is 1. The lowest BCUT2D eigenvalue weighted by atomic mass is 10.2. The number of nitrogens with two attached hydrogens (primary N) is 1. The van der Waals surface area contributed by atoms with E-state index >= 15 is 0 Å². The maximum atomic E-state index is 13.6. The largest absolute Gasteiger partial charge is 0.484 e. The van der Waals surface area contributed by atoms with Crippen molar-refractivity contribution in [1.82, 2.24) is 4.98 Å². The Kier molecular flexibility index (Phi) is 3.23. The van der Waals surface area contributed by atoms with Crippen LogP contribution in [0.1, 0.15) is 11.3 Å². The minimum absolute atomic E-state index is 0.200. The Balaban J connectivity index is 2.10. The van der Waals surface area contributed by atoms with Crippen molar-refractivity contribution in [3.05, 3.63) is 53.6 Å². The zero-order valence-electron chi connectivity index (χ0n) is 9.48. The van der Waals surface area contributed by atoms with Crippen LogP contribution >= 0.6 is 0 Å². The van der Waals surface area contributed by atoms with E-state index in [2.05, 4.69) is 4.98 Å². The Morgan fingerprint density at radius 2 is 2.18 bits per heavy atom. The summed E-state index contributed by atoms with van der Waals surface area (Å²) in [5, 5.41) is 0. The van der Waals surface area contributed by atoms with Gasteiger partial charge in [0.2, 0.25) is 0 Å². The van der Waals surface area contributed by atoms with E-state index in [9.17, 15) is 4.39 Å². The van der Waals surface area contributed by atoms with E-state index < -0.39 is 0 Å². The van der Waals surface area contributed by atoms with Crippen LogP contribution in [0.5, 0.6) is 5.75 Å². The summed E-state index contributed by atoms with van der Waals surface area (Å²) < 4.78 is 19.0. The first-order valence-corrected chi connectivity index (χ1v) is 5.25. The van der Waals surface area contributed by atoms with E-state index in [1.165, 1.54) is 0 Å². The molecule has 0 saturated carbocycles. The minimum atomic E-state index is -0.337. The Morgan fingerprint density at radius 3 is 2.94 bits per heavy atom. The van der Waals surface area contributed by atoms with Crippen molar-refractivity contribution in [1.29, 1.82) is 0 Å². The fraction of sp³-hybridized carbons (Fsp3) is 0.154. The van der Waals surface area contributed by atoms with Crippen molar-refractivity contribution in [2.75, 3.05) is 5.73 Å². The van der Waals surface area contributed by atoms with Gasteiger partial charge in [-0.3, -0.25) is 4.98 Å². The molecule has 0 atom stereocenters. The van der Waals surface area contributed by atoms with Crippen LogP contribution in [0.15, 0.2) is 36.5 Å². The number of halogens is 1. The molecule has 0 spiro atoms. The molecule has 0 fully saturated rings. The highest BCUT2D eigenvalue weighted by Crippen LogP contribution is 2.20. The van der Waals surface area contributed by atoms with Gasteiger partial charge in [0.1, 0.15) is 6.61 Å². The third kappa shape index (κ3) is 2.72. The third-order valence-corrected chi connectivity index (χ3v) is 2.37. The molecular formula is C13H13FN2O. The van der Waals surface area contributed by atoms with Gasteiger partial charge < -0.3 is 10.5 Å². The molecule has 0 aliphatic rings. The van der Waals surface area contributed by atoms with Gasteiger partial charge in [-0.05, 0) is 30.7 Å². The van der Waals surface area contributed by atoms with Gasteiger partial charge in [0.25, 0.3) is 0 Å². The predicted molar refractivity (Wildman–Crippen MR) is 64.1 cm³/mol. The molecule has 2 rings (SSSR count). The van der Waals surface area contributed by atoms with Crippen molar-refractivity contribution in [2.45, 2.75) is 13.5 Å². The summed E-state index contributed by atoms with van der Waals surface area (Å²) in [6, 6.07) is 8.43. The van der Waals surface area contributed by atoms with Crippen LogP contribution in [-0.2, 0) is 6.61 Å². The van der Waals surface area contributed by atoms with Crippen molar-refractivity contribution >= 4 is 5.69 Å². The van der Waals surface area contributed by atoms with Gasteiger partial charge in [0.05, 0.1) is 5.69 Å². The maximum absolute atomic E-state index is 13.6. The number of hydrogen-bond donors (Lipinski definition) is 1. The van der Waals surface area contributed by atoms with Gasteiger partial charge >= 0.3 is 0 Å². The second-order valence-corrected chi connectivity index (χ2v) is 3.76. The van der Waals surface area contributed by atoms with Crippen LogP contribution < -0.4 is 10.5 Å². The molecule has 17 heavy (non-hydrogen) atoms. The molecule has 1 aromatic heterocycles. The van der Waals surface area contributed by atoms with E-state index in [4.69, 9.17) is 10.5 Å². The summed E-state index contributed by atoms with van der Waals surface area (Å²) in [6.45, 7) is 1.90. The molecule has 3 nitrogen and oxygen atoms in total. The molecule has 2 aromatic rings. The lowest BCUT2D eigenvalue weighted by Gasteiger charge is -2.08. The van der Waals surface area contributed by atoms with Crippen LogP contribution in [0.2, 0.25) is 0 Å². The summed E-state index contributed by atoms with van der Waals surface area (Å²) in [5.41, 5.74) is 7.46. The molecule has 88 valence electrons. The first-order chi connectivity index (χ1) is 8.16. The van der Waals surface area contributed by atoms with Gasteiger partial charge in [-0.2, -0.15) is 0 Å². The van der Waals surface area contributed by atoms with E-state index in [1.807, 2.05) is 0 Å². The molecule has 0 unspecified atom stereocenters. The maximum Gasteiger partial charge on any atom is 0.167 e. The van der Waals surface area contributed by atoms with Crippen LogP contribution in [0.3, 0.4) is 0 Å². The topological polar surface area (TPSA) is 48.1 Å². The fourth-order valence-electron chi connectivity index (χ4n) is 1.46. The average Bonchev–Trinajstić information content (AvgIpc) is 2.31. The van der Waals surface area contributed by atoms with Crippen LogP contribution in [0.25, 0.3) is 0 Å². The smallest absolute Gasteiger partial charge is 0.167 e. The average molecular weight is 232 g/mol. The summed E-state index contributed by atoms with van der Waals surface area (Å²) in [4.78, 5) is 4.08. The second-order valence-electron chi connectivity index (χ2n) is 3.76. The number of aromatic nitrogens is 1. The first-order valence-electron chi connectivity index (χ1n) is 5.25. The number of benzene rings is 1. The summed E-state index contributed by atoms with van der Waals surface area (Å²) in [5.74, 6) is -0.106. The molecule has 0 bridgehead atoms. The third-order valence-electron chi connectivity index (χ3n) is 2.37. The van der Waals surface area contributed by atoms with Crippen molar-refractivity contribution in [3.8, 4) is 5.75 Å². The lowest BCUT2D eigenvalue weighted by Crippen LogP contribution is -2.01. The number of nitrogen functional groups attached to an aromatic ring is 1. The quantitative estimate of drug-likeness (QED) is 0.885. The molecular weight excluding hydrogens is 219 g/mol. The Hall–Kier alpha value is -2.10. The van der Waals surface area contributed by atoms with Gasteiger partial charge in [-0.15, -0.1) is 0 Å². The molecule has 0 saturated heterocycles. The number of aryl methyl sites for hydroxylation is 1. The highest BCUT2D eigenvalue weighted by molar-refractivity contribution is 5.37. The Bertz CT molecular complexity index is 529. The number of rotatable bonds is 3. The molecule has 1 heterocycles. The van der Waals surface area contributed by atoms with E-state index in [1.54, 1.807) is 43.5 Å². The normalized spacial score (nSPS) is 10.2. The van der Waals surface area contributed by atoms with Gasteiger partial charge in [0.15, 0.2) is 11.6 Å². The summed E-state index contributed by atoms with van der Waals surface area (Å²) in [7, 11) is 0. The first kappa shape index (κ1) is 11.4. The van der Waals surface area contributed by atoms with E-state index in [0.717, 1.165) is 0 Å². The predicted octanol–water partition coefficient (Wildman–Crippen LogP) is 2.69. The lowest BCUT2D eigenvalue weighted by molar-refractivity contribution is 0.285. The molecule has 0 aliphatic carbocycles. The minimum Gasteiger partial charge on any atom is -0.484 e. The second kappa shape index (κ2) is 4.82. The number of nitrogens with zero attached hydrogens (tertiary/aromatic N) is 1. The Morgan fingerprint density at radius 1 is 1.35 bits per heavy atom. The molecule has 4 heteroatoms. The fourth-order valence-corrected chi connectivity index (χ4v) is 1.46. The summed E-state index contributed by atoms with van der Waals surface area (Å²) in [6.07, 6.45) is 1.60. The molecule has 0 radical (unpaired) electrons. The molecule has 2 N–H and O–H groups in total. The van der Waals surface area contributed by atoms with E-state index in [-0.39, 0.29) is 18.2 Å². The van der Waals surface area contributed by atoms with Crippen LogP contribution in [0, 0.1) is 12.7 Å². The molecule has 1 aromatic carbocycles. The van der Waals surface area contributed by atoms with Gasteiger partial charge in [0, 0.05) is 11.9 Å². The molecule has 0 amide bonds. The highest BCUT2D eigenvalue weighted by atomic mass is 19.1. The zero-order valence-corrected chi connectivity index (χ0v) is 9.48. The SMILES string of the molecule is Cc1cccc(OCc2cc(N)ccn2)c1F. The zero-order chi connectivity index (χ0) is 12.3. The highest BCUT2D eigenvalue weighted by Gasteiger charge is 2.06. The van der Waals surface area contributed by atoms with Crippen molar-refractivity contribution in [2.24, 2.45) is 0 Å². The van der Waals surface area contributed by atoms with Crippen LogP contribution in [0.4, 0.5) is 10.1 Å².